The van der Waals surface area contributed by atoms with Gasteiger partial charge in [-0.2, -0.15) is 4.98 Å². The fourth-order valence-electron chi connectivity index (χ4n) is 1.99. The second-order valence-corrected chi connectivity index (χ2v) is 5.11. The molecule has 0 aliphatic carbocycles. The highest BCUT2D eigenvalue weighted by Crippen LogP contribution is 2.19. The summed E-state index contributed by atoms with van der Waals surface area (Å²) in [5.41, 5.74) is 0.748. The van der Waals surface area contributed by atoms with Crippen LogP contribution in [-0.4, -0.2) is 42.0 Å². The van der Waals surface area contributed by atoms with E-state index in [0.29, 0.717) is 30.0 Å². The van der Waals surface area contributed by atoms with Crippen LogP contribution in [-0.2, 0) is 20.8 Å². The molecular weight excluding hydrogens is 310 g/mol. The van der Waals surface area contributed by atoms with Gasteiger partial charge in [0.15, 0.2) is 6.10 Å². The van der Waals surface area contributed by atoms with E-state index < -0.39 is 6.10 Å². The number of ether oxygens (including phenoxy) is 2. The van der Waals surface area contributed by atoms with Crippen molar-refractivity contribution in [2.45, 2.75) is 12.6 Å². The Labute approximate surface area is 131 Å². The molecular formula is C14H14ClN3O4. The lowest BCUT2D eigenvalue weighted by Gasteiger charge is -2.21. The number of benzene rings is 1. The first-order valence-corrected chi connectivity index (χ1v) is 7.16. The molecule has 0 saturated carbocycles. The monoisotopic (exact) mass is 323 g/mol. The standard InChI is InChI=1S/C14H14ClN3O4/c15-10-3-1-2-9(6-10)13-17-12(22-18-13)7-16-14(19)11-8-20-4-5-21-11/h1-3,6,11H,4-5,7-8H2,(H,16,19). The van der Waals surface area contributed by atoms with Crippen molar-refractivity contribution in [1.82, 2.24) is 15.5 Å². The fourth-order valence-corrected chi connectivity index (χ4v) is 2.18. The van der Waals surface area contributed by atoms with Crippen molar-refractivity contribution in [1.29, 1.82) is 0 Å². The Morgan fingerprint density at radius 3 is 3.09 bits per heavy atom. The van der Waals surface area contributed by atoms with E-state index in [1.54, 1.807) is 18.2 Å². The molecule has 1 aliphatic heterocycles. The van der Waals surface area contributed by atoms with Crippen molar-refractivity contribution in [2.75, 3.05) is 19.8 Å². The van der Waals surface area contributed by atoms with Crippen molar-refractivity contribution < 1.29 is 18.8 Å². The Hall–Kier alpha value is -1.96. The molecule has 0 radical (unpaired) electrons. The van der Waals surface area contributed by atoms with Gasteiger partial charge in [-0.3, -0.25) is 4.79 Å². The van der Waals surface area contributed by atoms with Crippen molar-refractivity contribution in [3.8, 4) is 11.4 Å². The number of carbonyl (C=O) groups excluding carboxylic acids is 1. The number of carbonyl (C=O) groups is 1. The minimum atomic E-state index is -0.593. The number of amides is 1. The fraction of sp³-hybridized carbons (Fsp3) is 0.357. The molecule has 116 valence electrons. The van der Waals surface area contributed by atoms with E-state index in [1.807, 2.05) is 6.07 Å². The molecule has 1 atom stereocenters. The number of rotatable bonds is 4. The molecule has 2 aromatic rings. The van der Waals surface area contributed by atoms with Crippen molar-refractivity contribution >= 4 is 17.5 Å². The van der Waals surface area contributed by atoms with Gasteiger partial charge < -0.3 is 19.3 Å². The van der Waals surface area contributed by atoms with E-state index in [0.717, 1.165) is 5.56 Å². The Bertz CT molecular complexity index is 655. The molecule has 0 spiro atoms. The van der Waals surface area contributed by atoms with Crippen LogP contribution >= 0.6 is 11.6 Å². The van der Waals surface area contributed by atoms with Crippen LogP contribution in [0.1, 0.15) is 5.89 Å². The van der Waals surface area contributed by atoms with Gasteiger partial charge in [-0.05, 0) is 12.1 Å². The highest BCUT2D eigenvalue weighted by molar-refractivity contribution is 6.30. The van der Waals surface area contributed by atoms with Crippen LogP contribution in [0.25, 0.3) is 11.4 Å². The molecule has 1 amide bonds. The summed E-state index contributed by atoms with van der Waals surface area (Å²) in [5.74, 6) is 0.464. The number of hydrogen-bond acceptors (Lipinski definition) is 6. The van der Waals surface area contributed by atoms with E-state index in [9.17, 15) is 4.79 Å². The molecule has 22 heavy (non-hydrogen) atoms. The third kappa shape index (κ3) is 3.62. The summed E-state index contributed by atoms with van der Waals surface area (Å²) in [7, 11) is 0. The smallest absolute Gasteiger partial charge is 0.251 e. The van der Waals surface area contributed by atoms with Gasteiger partial charge in [0.2, 0.25) is 11.7 Å². The van der Waals surface area contributed by atoms with E-state index in [2.05, 4.69) is 15.5 Å². The highest BCUT2D eigenvalue weighted by Gasteiger charge is 2.22. The lowest BCUT2D eigenvalue weighted by molar-refractivity contribution is -0.147. The van der Waals surface area contributed by atoms with Crippen molar-refractivity contribution in [3.63, 3.8) is 0 Å². The summed E-state index contributed by atoms with van der Waals surface area (Å²) in [5, 5.41) is 7.13. The minimum absolute atomic E-state index is 0.131. The van der Waals surface area contributed by atoms with Gasteiger partial charge in [0, 0.05) is 10.6 Å². The predicted molar refractivity (Wildman–Crippen MR) is 77.1 cm³/mol. The van der Waals surface area contributed by atoms with E-state index in [1.165, 1.54) is 0 Å². The second kappa shape index (κ2) is 6.87. The van der Waals surface area contributed by atoms with Crippen LogP contribution < -0.4 is 5.32 Å². The normalized spacial score (nSPS) is 18.1. The Morgan fingerprint density at radius 1 is 1.41 bits per heavy atom. The number of nitrogens with one attached hydrogen (secondary N) is 1. The average Bonchev–Trinajstić information content (AvgIpc) is 3.02. The van der Waals surface area contributed by atoms with Crippen LogP contribution in [0.4, 0.5) is 0 Å². The first-order chi connectivity index (χ1) is 10.7. The topological polar surface area (TPSA) is 86.5 Å². The molecule has 7 nitrogen and oxygen atoms in total. The number of hydrogen-bond donors (Lipinski definition) is 1. The first-order valence-electron chi connectivity index (χ1n) is 6.78. The Morgan fingerprint density at radius 2 is 2.32 bits per heavy atom. The summed E-state index contributed by atoms with van der Waals surface area (Å²) in [6.07, 6.45) is -0.593. The molecule has 1 saturated heterocycles. The largest absolute Gasteiger partial charge is 0.376 e. The maximum atomic E-state index is 11.9. The summed E-state index contributed by atoms with van der Waals surface area (Å²) >= 11 is 5.92. The third-order valence-corrected chi connectivity index (χ3v) is 3.31. The molecule has 1 fully saturated rings. The lowest BCUT2D eigenvalue weighted by Crippen LogP contribution is -2.42. The van der Waals surface area contributed by atoms with E-state index in [4.69, 9.17) is 25.6 Å². The molecule has 1 aromatic heterocycles. The van der Waals surface area contributed by atoms with Crippen molar-refractivity contribution in [3.05, 3.63) is 35.2 Å². The zero-order chi connectivity index (χ0) is 15.4. The first kappa shape index (κ1) is 15.0. The molecule has 1 aliphatic rings. The van der Waals surface area contributed by atoms with Gasteiger partial charge in [0.05, 0.1) is 26.4 Å². The minimum Gasteiger partial charge on any atom is -0.376 e. The SMILES string of the molecule is O=C(NCc1nc(-c2cccc(Cl)c2)no1)C1COCCO1. The number of nitrogens with zero attached hydrogens (tertiary/aromatic N) is 2. The molecule has 3 rings (SSSR count). The summed E-state index contributed by atoms with van der Waals surface area (Å²) in [4.78, 5) is 16.1. The van der Waals surface area contributed by atoms with Crippen LogP contribution in [0.2, 0.25) is 5.02 Å². The maximum absolute atomic E-state index is 11.9. The van der Waals surface area contributed by atoms with Crippen LogP contribution in [0.15, 0.2) is 28.8 Å². The summed E-state index contributed by atoms with van der Waals surface area (Å²) in [6.45, 7) is 1.31. The van der Waals surface area contributed by atoms with Crippen molar-refractivity contribution in [2.24, 2.45) is 0 Å². The maximum Gasteiger partial charge on any atom is 0.251 e. The van der Waals surface area contributed by atoms with Gasteiger partial charge in [0.25, 0.3) is 5.91 Å². The van der Waals surface area contributed by atoms with Crippen LogP contribution in [0.5, 0.6) is 0 Å². The second-order valence-electron chi connectivity index (χ2n) is 4.67. The molecule has 2 heterocycles. The van der Waals surface area contributed by atoms with Gasteiger partial charge in [0.1, 0.15) is 0 Å². The summed E-state index contributed by atoms with van der Waals surface area (Å²) < 4.78 is 15.6. The Balaban J connectivity index is 1.59. The molecule has 1 aromatic carbocycles. The lowest BCUT2D eigenvalue weighted by atomic mass is 10.2. The third-order valence-electron chi connectivity index (χ3n) is 3.07. The van der Waals surface area contributed by atoms with Gasteiger partial charge in [-0.1, -0.05) is 28.9 Å². The molecule has 1 N–H and O–H groups in total. The number of halogens is 1. The predicted octanol–water partition coefficient (Wildman–Crippen LogP) is 1.42. The molecule has 0 bridgehead atoms. The quantitative estimate of drug-likeness (QED) is 0.915. The van der Waals surface area contributed by atoms with Gasteiger partial charge in [-0.15, -0.1) is 0 Å². The Kier molecular flexibility index (Phi) is 4.67. The summed E-state index contributed by atoms with van der Waals surface area (Å²) in [6, 6.07) is 7.13. The van der Waals surface area contributed by atoms with Crippen LogP contribution in [0.3, 0.4) is 0 Å². The average molecular weight is 324 g/mol. The van der Waals surface area contributed by atoms with E-state index >= 15 is 0 Å². The molecule has 1 unspecified atom stereocenters. The number of aromatic nitrogens is 2. The van der Waals surface area contributed by atoms with Gasteiger partial charge >= 0.3 is 0 Å². The zero-order valence-corrected chi connectivity index (χ0v) is 12.4. The van der Waals surface area contributed by atoms with Gasteiger partial charge in [-0.25, -0.2) is 0 Å². The van der Waals surface area contributed by atoms with Crippen LogP contribution in [0, 0.1) is 0 Å². The highest BCUT2D eigenvalue weighted by atomic mass is 35.5. The molecule has 8 heteroatoms. The zero-order valence-electron chi connectivity index (χ0n) is 11.6. The van der Waals surface area contributed by atoms with E-state index in [-0.39, 0.29) is 19.1 Å².